The Kier molecular flexibility index (Phi) is 2.82. The van der Waals surface area contributed by atoms with Crippen LogP contribution >= 0.6 is 12.2 Å². The number of H-pyrrole nitrogens is 1. The van der Waals surface area contributed by atoms with Gasteiger partial charge in [-0.2, -0.15) is 0 Å². The van der Waals surface area contributed by atoms with Gasteiger partial charge in [-0.25, -0.2) is 0 Å². The molecule has 1 aromatic carbocycles. The SMILES string of the molecule is CC(C)n1c(=S)[nH]c2cc3c(cc2c1=O)OCCO3. The first-order valence-corrected chi connectivity index (χ1v) is 6.57. The molecule has 6 heteroatoms. The maximum Gasteiger partial charge on any atom is 0.262 e. The van der Waals surface area contributed by atoms with Crippen LogP contribution in [0.4, 0.5) is 0 Å². The lowest BCUT2D eigenvalue weighted by atomic mass is 10.2. The molecule has 2 aromatic rings. The van der Waals surface area contributed by atoms with E-state index in [9.17, 15) is 4.79 Å². The van der Waals surface area contributed by atoms with E-state index >= 15 is 0 Å². The monoisotopic (exact) mass is 278 g/mol. The molecule has 1 aromatic heterocycles. The lowest BCUT2D eigenvalue weighted by molar-refractivity contribution is 0.172. The van der Waals surface area contributed by atoms with Gasteiger partial charge < -0.3 is 14.5 Å². The zero-order valence-corrected chi connectivity index (χ0v) is 11.5. The van der Waals surface area contributed by atoms with E-state index < -0.39 is 0 Å². The van der Waals surface area contributed by atoms with Gasteiger partial charge in [0.1, 0.15) is 13.2 Å². The predicted molar refractivity (Wildman–Crippen MR) is 74.8 cm³/mol. The Bertz CT molecular complexity index is 761. The maximum absolute atomic E-state index is 12.5. The zero-order valence-electron chi connectivity index (χ0n) is 10.7. The smallest absolute Gasteiger partial charge is 0.262 e. The number of benzene rings is 1. The fourth-order valence-corrected chi connectivity index (χ4v) is 2.64. The van der Waals surface area contributed by atoms with Gasteiger partial charge in [-0.15, -0.1) is 0 Å². The molecule has 19 heavy (non-hydrogen) atoms. The molecule has 0 saturated carbocycles. The van der Waals surface area contributed by atoms with Crippen molar-refractivity contribution in [1.29, 1.82) is 0 Å². The van der Waals surface area contributed by atoms with Crippen LogP contribution in [0.5, 0.6) is 11.5 Å². The van der Waals surface area contributed by atoms with Crippen LogP contribution in [0.1, 0.15) is 19.9 Å². The van der Waals surface area contributed by atoms with Crippen molar-refractivity contribution in [2.24, 2.45) is 0 Å². The summed E-state index contributed by atoms with van der Waals surface area (Å²) in [7, 11) is 0. The first-order valence-electron chi connectivity index (χ1n) is 6.16. The van der Waals surface area contributed by atoms with Crippen molar-refractivity contribution in [3.8, 4) is 11.5 Å². The van der Waals surface area contributed by atoms with Gasteiger partial charge in [-0.3, -0.25) is 9.36 Å². The molecule has 1 N–H and O–H groups in total. The molecule has 3 rings (SSSR count). The minimum Gasteiger partial charge on any atom is -0.486 e. The van der Waals surface area contributed by atoms with Crippen molar-refractivity contribution < 1.29 is 9.47 Å². The van der Waals surface area contributed by atoms with E-state index in [1.165, 1.54) is 0 Å². The summed E-state index contributed by atoms with van der Waals surface area (Å²) in [6.45, 7) is 4.87. The van der Waals surface area contributed by atoms with Crippen LogP contribution in [0.2, 0.25) is 0 Å². The first-order chi connectivity index (χ1) is 9.08. The maximum atomic E-state index is 12.5. The summed E-state index contributed by atoms with van der Waals surface area (Å²) in [5.41, 5.74) is 0.571. The second-order valence-electron chi connectivity index (χ2n) is 4.74. The summed E-state index contributed by atoms with van der Waals surface area (Å²) in [6.07, 6.45) is 0. The highest BCUT2D eigenvalue weighted by atomic mass is 32.1. The second kappa shape index (κ2) is 4.38. The minimum atomic E-state index is -0.106. The van der Waals surface area contributed by atoms with Gasteiger partial charge in [0, 0.05) is 12.1 Å². The number of rotatable bonds is 1. The third-order valence-corrected chi connectivity index (χ3v) is 3.41. The number of nitrogens with one attached hydrogen (secondary N) is 1. The van der Waals surface area contributed by atoms with Crippen molar-refractivity contribution in [2.45, 2.75) is 19.9 Å². The molecule has 1 aliphatic rings. The fraction of sp³-hybridized carbons (Fsp3) is 0.385. The number of hydrogen-bond donors (Lipinski definition) is 1. The molecular weight excluding hydrogens is 264 g/mol. The number of aromatic nitrogens is 2. The van der Waals surface area contributed by atoms with Crippen molar-refractivity contribution in [2.75, 3.05) is 13.2 Å². The van der Waals surface area contributed by atoms with Crippen LogP contribution in [0.25, 0.3) is 10.9 Å². The second-order valence-corrected chi connectivity index (χ2v) is 5.13. The van der Waals surface area contributed by atoms with Crippen LogP contribution in [-0.2, 0) is 0 Å². The van der Waals surface area contributed by atoms with Crippen LogP contribution in [0.15, 0.2) is 16.9 Å². The standard InChI is InChI=1S/C13H14N2O3S/c1-7(2)15-12(16)8-5-10-11(18-4-3-17-10)6-9(8)14-13(15)19/h5-7H,3-4H2,1-2H3,(H,14,19). The van der Waals surface area contributed by atoms with Crippen LogP contribution < -0.4 is 15.0 Å². The molecule has 2 heterocycles. The van der Waals surface area contributed by atoms with E-state index in [2.05, 4.69) is 4.98 Å². The third-order valence-electron chi connectivity index (χ3n) is 3.11. The lowest BCUT2D eigenvalue weighted by Gasteiger charge is -2.19. The van der Waals surface area contributed by atoms with Gasteiger partial charge in [0.05, 0.1) is 10.9 Å². The molecule has 1 aliphatic heterocycles. The van der Waals surface area contributed by atoms with Gasteiger partial charge in [-0.05, 0) is 32.1 Å². The number of nitrogens with zero attached hydrogens (tertiary/aromatic N) is 1. The Balaban J connectivity index is 2.37. The van der Waals surface area contributed by atoms with E-state index in [0.717, 1.165) is 0 Å². The Morgan fingerprint density at radius 3 is 2.53 bits per heavy atom. The minimum absolute atomic E-state index is 0.00820. The van der Waals surface area contributed by atoms with Gasteiger partial charge >= 0.3 is 0 Å². The quantitative estimate of drug-likeness (QED) is 0.814. The first kappa shape index (κ1) is 12.2. The predicted octanol–water partition coefficient (Wildman–Crippen LogP) is 2.41. The van der Waals surface area contributed by atoms with Gasteiger partial charge in [-0.1, -0.05) is 0 Å². The molecule has 0 bridgehead atoms. The summed E-state index contributed by atoms with van der Waals surface area (Å²) in [4.78, 5) is 15.5. The molecule has 100 valence electrons. The number of ether oxygens (including phenoxy) is 2. The average Bonchev–Trinajstić information content (AvgIpc) is 2.36. The van der Waals surface area contributed by atoms with Crippen LogP contribution in [0.3, 0.4) is 0 Å². The lowest BCUT2D eigenvalue weighted by Crippen LogP contribution is -2.24. The van der Waals surface area contributed by atoms with E-state index in [1.54, 1.807) is 16.7 Å². The summed E-state index contributed by atoms with van der Waals surface area (Å²) in [5, 5.41) is 0.562. The highest BCUT2D eigenvalue weighted by molar-refractivity contribution is 7.71. The van der Waals surface area contributed by atoms with Gasteiger partial charge in [0.2, 0.25) is 0 Å². The zero-order chi connectivity index (χ0) is 13.6. The largest absolute Gasteiger partial charge is 0.486 e. The van der Waals surface area contributed by atoms with Crippen molar-refractivity contribution >= 4 is 23.1 Å². The molecule has 0 unspecified atom stereocenters. The summed E-state index contributed by atoms with van der Waals surface area (Å²) < 4.78 is 13.0. The molecule has 0 spiro atoms. The Morgan fingerprint density at radius 1 is 1.26 bits per heavy atom. The van der Waals surface area contributed by atoms with Crippen LogP contribution in [-0.4, -0.2) is 22.8 Å². The van der Waals surface area contributed by atoms with Crippen molar-refractivity contribution in [1.82, 2.24) is 9.55 Å². The number of hydrogen-bond acceptors (Lipinski definition) is 4. The number of aromatic amines is 1. The topological polar surface area (TPSA) is 56.2 Å². The van der Waals surface area contributed by atoms with Crippen molar-refractivity contribution in [3.63, 3.8) is 0 Å². The Morgan fingerprint density at radius 2 is 1.89 bits per heavy atom. The molecule has 0 amide bonds. The average molecular weight is 278 g/mol. The summed E-state index contributed by atoms with van der Waals surface area (Å²) in [6, 6.07) is 3.50. The Labute approximate surface area is 114 Å². The fourth-order valence-electron chi connectivity index (χ4n) is 2.24. The molecular formula is C13H14N2O3S. The number of fused-ring (bicyclic) bond motifs is 2. The van der Waals surface area contributed by atoms with Crippen LogP contribution in [0, 0.1) is 4.77 Å². The molecule has 5 nitrogen and oxygen atoms in total. The van der Waals surface area contributed by atoms with E-state index in [4.69, 9.17) is 21.7 Å². The molecule has 0 saturated heterocycles. The molecule has 0 atom stereocenters. The molecule has 0 radical (unpaired) electrons. The highest BCUT2D eigenvalue weighted by Crippen LogP contribution is 2.32. The van der Waals surface area contributed by atoms with Gasteiger partial charge in [0.25, 0.3) is 5.56 Å². The van der Waals surface area contributed by atoms with Gasteiger partial charge in [0.15, 0.2) is 16.3 Å². The Hall–Kier alpha value is -1.82. The normalized spacial score (nSPS) is 14.1. The highest BCUT2D eigenvalue weighted by Gasteiger charge is 2.16. The van der Waals surface area contributed by atoms with Crippen molar-refractivity contribution in [3.05, 3.63) is 27.3 Å². The van der Waals surface area contributed by atoms with E-state index in [1.807, 2.05) is 13.8 Å². The third kappa shape index (κ3) is 1.92. The van der Waals surface area contributed by atoms with E-state index in [0.29, 0.717) is 40.4 Å². The summed E-state index contributed by atoms with van der Waals surface area (Å²) >= 11 is 5.23. The summed E-state index contributed by atoms with van der Waals surface area (Å²) in [5.74, 6) is 1.25. The molecule has 0 fully saturated rings. The van der Waals surface area contributed by atoms with E-state index in [-0.39, 0.29) is 11.6 Å². The molecule has 0 aliphatic carbocycles.